The van der Waals surface area contributed by atoms with Crippen LogP contribution in [0, 0.1) is 0 Å². The molecule has 0 aliphatic carbocycles. The predicted octanol–water partition coefficient (Wildman–Crippen LogP) is 3.64. The van der Waals surface area contributed by atoms with E-state index in [2.05, 4.69) is 6.92 Å². The number of ether oxygens (including phenoxy) is 1. The zero-order chi connectivity index (χ0) is 11.5. The predicted molar refractivity (Wildman–Crippen MR) is 65.7 cm³/mol. The molecule has 2 aromatic rings. The molecule has 16 heavy (non-hydrogen) atoms. The van der Waals surface area contributed by atoms with Crippen molar-refractivity contribution >= 4 is 10.8 Å². The van der Waals surface area contributed by atoms with Crippen LogP contribution in [0.2, 0.25) is 0 Å². The Morgan fingerprint density at radius 1 is 1.12 bits per heavy atom. The zero-order valence-corrected chi connectivity index (χ0v) is 9.60. The molecule has 0 amide bonds. The highest BCUT2D eigenvalue weighted by atomic mass is 16.5. The first-order valence-electron chi connectivity index (χ1n) is 5.51. The summed E-state index contributed by atoms with van der Waals surface area (Å²) in [7, 11) is 1.72. The molecule has 0 aliphatic rings. The maximum absolute atomic E-state index is 9.78. The van der Waals surface area contributed by atoms with E-state index in [0.29, 0.717) is 5.75 Å². The fourth-order valence-corrected chi connectivity index (χ4v) is 2.10. The topological polar surface area (TPSA) is 29.5 Å². The largest absolute Gasteiger partial charge is 0.507 e. The van der Waals surface area contributed by atoms with Gasteiger partial charge in [0.25, 0.3) is 0 Å². The van der Waals surface area contributed by atoms with Crippen LogP contribution in [0.3, 0.4) is 0 Å². The van der Waals surface area contributed by atoms with E-state index in [-0.39, 0.29) is 6.10 Å². The van der Waals surface area contributed by atoms with Crippen LogP contribution in [0.1, 0.15) is 25.0 Å². The molecule has 0 spiro atoms. The molecule has 0 unspecified atom stereocenters. The minimum Gasteiger partial charge on any atom is -0.507 e. The molecule has 0 radical (unpaired) electrons. The molecule has 0 saturated heterocycles. The van der Waals surface area contributed by atoms with Gasteiger partial charge < -0.3 is 9.84 Å². The third-order valence-electron chi connectivity index (χ3n) is 2.94. The first-order valence-corrected chi connectivity index (χ1v) is 5.51. The number of hydrogen-bond donors (Lipinski definition) is 1. The second-order valence-electron chi connectivity index (χ2n) is 3.85. The van der Waals surface area contributed by atoms with E-state index >= 15 is 0 Å². The third kappa shape index (κ3) is 1.76. The van der Waals surface area contributed by atoms with Crippen molar-refractivity contribution < 1.29 is 9.84 Å². The van der Waals surface area contributed by atoms with Crippen molar-refractivity contribution in [2.45, 2.75) is 19.4 Å². The lowest BCUT2D eigenvalue weighted by molar-refractivity contribution is 0.101. The lowest BCUT2D eigenvalue weighted by atomic mass is 9.98. The Morgan fingerprint density at radius 3 is 2.44 bits per heavy atom. The molecule has 0 fully saturated rings. The summed E-state index contributed by atoms with van der Waals surface area (Å²) in [5.41, 5.74) is 1.14. The SMILES string of the molecule is CC[C@H](OC)c1ccc(O)c2ccccc12. The number of rotatable bonds is 3. The number of phenolic OH excluding ortho intramolecular Hbond substituents is 1. The molecular weight excluding hydrogens is 200 g/mol. The van der Waals surface area contributed by atoms with Gasteiger partial charge >= 0.3 is 0 Å². The molecule has 1 N–H and O–H groups in total. The summed E-state index contributed by atoms with van der Waals surface area (Å²) in [4.78, 5) is 0. The van der Waals surface area contributed by atoms with Gasteiger partial charge in [0, 0.05) is 12.5 Å². The van der Waals surface area contributed by atoms with Crippen LogP contribution >= 0.6 is 0 Å². The Kier molecular flexibility index (Phi) is 3.11. The second-order valence-corrected chi connectivity index (χ2v) is 3.85. The minimum atomic E-state index is 0.0884. The number of hydrogen-bond acceptors (Lipinski definition) is 2. The maximum atomic E-state index is 9.78. The monoisotopic (exact) mass is 216 g/mol. The molecule has 0 bridgehead atoms. The van der Waals surface area contributed by atoms with Crippen LogP contribution in [-0.2, 0) is 4.74 Å². The van der Waals surface area contributed by atoms with Gasteiger partial charge in [-0.2, -0.15) is 0 Å². The normalized spacial score (nSPS) is 12.9. The molecule has 84 valence electrons. The Morgan fingerprint density at radius 2 is 1.81 bits per heavy atom. The van der Waals surface area contributed by atoms with E-state index in [1.165, 1.54) is 0 Å². The fraction of sp³-hybridized carbons (Fsp3) is 0.286. The standard InChI is InChI=1S/C14H16O2/c1-3-14(16-2)12-8-9-13(15)11-7-5-4-6-10(11)12/h4-9,14-15H,3H2,1-2H3/t14-/m0/s1. The van der Waals surface area contributed by atoms with Gasteiger partial charge in [0.15, 0.2) is 0 Å². The van der Waals surface area contributed by atoms with Gasteiger partial charge in [-0.3, -0.25) is 0 Å². The maximum Gasteiger partial charge on any atom is 0.123 e. The van der Waals surface area contributed by atoms with Gasteiger partial charge in [-0.25, -0.2) is 0 Å². The van der Waals surface area contributed by atoms with E-state index in [9.17, 15) is 5.11 Å². The summed E-state index contributed by atoms with van der Waals surface area (Å²) < 4.78 is 5.45. The lowest BCUT2D eigenvalue weighted by Crippen LogP contribution is -2.00. The summed E-state index contributed by atoms with van der Waals surface area (Å²) >= 11 is 0. The van der Waals surface area contributed by atoms with E-state index in [0.717, 1.165) is 22.8 Å². The van der Waals surface area contributed by atoms with Gasteiger partial charge in [-0.05, 0) is 23.4 Å². The van der Waals surface area contributed by atoms with E-state index < -0.39 is 0 Å². The van der Waals surface area contributed by atoms with Gasteiger partial charge in [0.1, 0.15) is 5.75 Å². The van der Waals surface area contributed by atoms with Crippen molar-refractivity contribution in [2.75, 3.05) is 7.11 Å². The highest BCUT2D eigenvalue weighted by Gasteiger charge is 2.12. The molecule has 2 heteroatoms. The number of fused-ring (bicyclic) bond motifs is 1. The van der Waals surface area contributed by atoms with E-state index in [4.69, 9.17) is 4.74 Å². The average molecular weight is 216 g/mol. The number of methoxy groups -OCH3 is 1. The fourth-order valence-electron chi connectivity index (χ4n) is 2.10. The highest BCUT2D eigenvalue weighted by Crippen LogP contribution is 2.32. The Labute approximate surface area is 95.5 Å². The van der Waals surface area contributed by atoms with Gasteiger partial charge in [-0.15, -0.1) is 0 Å². The van der Waals surface area contributed by atoms with E-state index in [1.807, 2.05) is 30.3 Å². The minimum absolute atomic E-state index is 0.0884. The molecular formula is C14H16O2. The van der Waals surface area contributed by atoms with Gasteiger partial charge in [0.05, 0.1) is 6.10 Å². The van der Waals surface area contributed by atoms with Crippen LogP contribution in [0.25, 0.3) is 10.8 Å². The van der Waals surface area contributed by atoms with Crippen molar-refractivity contribution in [3.8, 4) is 5.75 Å². The summed E-state index contributed by atoms with van der Waals surface area (Å²) in [5.74, 6) is 0.324. The van der Waals surface area contributed by atoms with Crippen molar-refractivity contribution in [2.24, 2.45) is 0 Å². The Balaban J connectivity index is 2.66. The molecule has 0 heterocycles. The molecule has 2 nitrogen and oxygen atoms in total. The second kappa shape index (κ2) is 4.54. The van der Waals surface area contributed by atoms with Crippen LogP contribution in [0.15, 0.2) is 36.4 Å². The van der Waals surface area contributed by atoms with Crippen LogP contribution in [-0.4, -0.2) is 12.2 Å². The summed E-state index contributed by atoms with van der Waals surface area (Å²) in [6.45, 7) is 2.09. The average Bonchev–Trinajstić information content (AvgIpc) is 2.34. The quantitative estimate of drug-likeness (QED) is 0.848. The van der Waals surface area contributed by atoms with Crippen LogP contribution in [0.4, 0.5) is 0 Å². The van der Waals surface area contributed by atoms with Gasteiger partial charge in [0.2, 0.25) is 0 Å². The first-order chi connectivity index (χ1) is 7.77. The van der Waals surface area contributed by atoms with Crippen molar-refractivity contribution in [1.29, 1.82) is 0 Å². The first kappa shape index (κ1) is 11.0. The smallest absolute Gasteiger partial charge is 0.123 e. The Bertz CT molecular complexity index is 487. The summed E-state index contributed by atoms with van der Waals surface area (Å²) in [6, 6.07) is 11.5. The van der Waals surface area contributed by atoms with Crippen molar-refractivity contribution in [1.82, 2.24) is 0 Å². The lowest BCUT2D eigenvalue weighted by Gasteiger charge is -2.16. The summed E-state index contributed by atoms with van der Waals surface area (Å²) in [5, 5.41) is 11.7. The zero-order valence-electron chi connectivity index (χ0n) is 9.60. The third-order valence-corrected chi connectivity index (χ3v) is 2.94. The molecule has 2 aromatic carbocycles. The molecule has 1 atom stereocenters. The number of aromatic hydroxyl groups is 1. The summed E-state index contributed by atoms with van der Waals surface area (Å²) in [6.07, 6.45) is 1.01. The van der Waals surface area contributed by atoms with Gasteiger partial charge in [-0.1, -0.05) is 37.3 Å². The number of benzene rings is 2. The van der Waals surface area contributed by atoms with E-state index in [1.54, 1.807) is 13.2 Å². The van der Waals surface area contributed by atoms with Crippen LogP contribution in [0.5, 0.6) is 5.75 Å². The molecule has 0 aromatic heterocycles. The Hall–Kier alpha value is -1.54. The van der Waals surface area contributed by atoms with Crippen LogP contribution < -0.4 is 0 Å². The van der Waals surface area contributed by atoms with Crippen molar-refractivity contribution in [3.05, 3.63) is 42.0 Å². The molecule has 0 saturated carbocycles. The molecule has 0 aliphatic heterocycles. The molecule has 2 rings (SSSR count). The number of phenols is 1. The highest BCUT2D eigenvalue weighted by molar-refractivity contribution is 5.91. The van der Waals surface area contributed by atoms with Crippen molar-refractivity contribution in [3.63, 3.8) is 0 Å².